The number of amides is 2. The number of fused-ring (bicyclic) bond motifs is 1. The lowest BCUT2D eigenvalue weighted by Gasteiger charge is -2.22. The average Bonchev–Trinajstić information content (AvgIpc) is 3.14. The van der Waals surface area contributed by atoms with Crippen molar-refractivity contribution < 1.29 is 14.3 Å². The van der Waals surface area contributed by atoms with Crippen molar-refractivity contribution in [3.8, 4) is 5.75 Å². The number of hydrogen-bond donors (Lipinski definition) is 2. The van der Waals surface area contributed by atoms with Crippen LogP contribution in [-0.4, -0.2) is 46.1 Å². The van der Waals surface area contributed by atoms with Gasteiger partial charge in [-0.1, -0.05) is 32.0 Å². The first-order valence-electron chi connectivity index (χ1n) is 9.51. The maximum Gasteiger partial charge on any atom is 0.255 e. The third-order valence-electron chi connectivity index (χ3n) is 4.62. The highest BCUT2D eigenvalue weighted by atomic mass is 16.5. The van der Waals surface area contributed by atoms with Crippen LogP contribution in [0.15, 0.2) is 48.7 Å². The lowest BCUT2D eigenvalue weighted by molar-refractivity contribution is -0.123. The fraction of sp³-hybridized carbons (Fsp3) is 0.333. The van der Waals surface area contributed by atoms with Crippen molar-refractivity contribution in [2.24, 2.45) is 5.92 Å². The van der Waals surface area contributed by atoms with E-state index < -0.39 is 6.04 Å². The van der Waals surface area contributed by atoms with Crippen molar-refractivity contribution in [2.45, 2.75) is 26.3 Å². The molecule has 1 unspecified atom stereocenters. The number of methoxy groups -OCH3 is 1. The number of benzene rings is 1. The number of nitrogens with one attached hydrogen (secondary N) is 2. The van der Waals surface area contributed by atoms with Crippen molar-refractivity contribution in [2.75, 3.05) is 13.7 Å². The van der Waals surface area contributed by atoms with Gasteiger partial charge < -0.3 is 15.4 Å². The van der Waals surface area contributed by atoms with Crippen LogP contribution in [-0.2, 0) is 11.2 Å². The summed E-state index contributed by atoms with van der Waals surface area (Å²) in [5, 5.41) is 14.0. The summed E-state index contributed by atoms with van der Waals surface area (Å²) in [6, 6.07) is 11.9. The van der Waals surface area contributed by atoms with Crippen LogP contribution in [0.5, 0.6) is 5.75 Å². The number of carbonyl (C=O) groups is 2. The van der Waals surface area contributed by atoms with Gasteiger partial charge in [0.05, 0.1) is 12.7 Å². The molecule has 2 aromatic heterocycles. The van der Waals surface area contributed by atoms with Gasteiger partial charge in [0.1, 0.15) is 17.6 Å². The van der Waals surface area contributed by atoms with E-state index in [9.17, 15) is 9.59 Å². The molecule has 0 saturated carbocycles. The maximum atomic E-state index is 12.7. The van der Waals surface area contributed by atoms with Crippen molar-refractivity contribution in [1.82, 2.24) is 25.2 Å². The van der Waals surface area contributed by atoms with Crippen molar-refractivity contribution in [3.63, 3.8) is 0 Å². The molecule has 0 aliphatic carbocycles. The molecule has 0 aliphatic heterocycles. The minimum atomic E-state index is -0.664. The van der Waals surface area contributed by atoms with Crippen molar-refractivity contribution in [3.05, 3.63) is 60.0 Å². The van der Waals surface area contributed by atoms with Crippen LogP contribution in [0, 0.1) is 5.92 Å². The van der Waals surface area contributed by atoms with Crippen LogP contribution in [0.1, 0.15) is 30.0 Å². The van der Waals surface area contributed by atoms with Crippen LogP contribution >= 0.6 is 0 Å². The number of ether oxygens (including phenoxy) is 1. The van der Waals surface area contributed by atoms with E-state index in [0.717, 1.165) is 11.5 Å². The van der Waals surface area contributed by atoms with E-state index >= 15 is 0 Å². The van der Waals surface area contributed by atoms with Gasteiger partial charge in [-0.2, -0.15) is 0 Å². The minimum Gasteiger partial charge on any atom is -0.496 e. The normalized spacial score (nSPS) is 12.0. The Bertz CT molecular complexity index is 999. The van der Waals surface area contributed by atoms with Gasteiger partial charge in [-0.05, 0) is 30.2 Å². The summed E-state index contributed by atoms with van der Waals surface area (Å²) in [6.45, 7) is 4.17. The molecular formula is C21H25N5O3. The molecule has 0 radical (unpaired) electrons. The summed E-state index contributed by atoms with van der Waals surface area (Å²) < 4.78 is 7.12. The molecule has 3 rings (SSSR count). The first kappa shape index (κ1) is 20.3. The highest BCUT2D eigenvalue weighted by molar-refractivity contribution is 5.99. The first-order valence-corrected chi connectivity index (χ1v) is 9.51. The zero-order chi connectivity index (χ0) is 20.8. The Morgan fingerprint density at radius 1 is 1.10 bits per heavy atom. The SMILES string of the molecule is COc1ccccc1C(=O)NC(C(=O)NCCc1nnc2ccccn12)C(C)C. The number of para-hydroxylation sites is 1. The van der Waals surface area contributed by atoms with E-state index in [1.807, 2.05) is 42.6 Å². The van der Waals surface area contributed by atoms with E-state index in [-0.39, 0.29) is 17.7 Å². The van der Waals surface area contributed by atoms with Gasteiger partial charge in [-0.3, -0.25) is 14.0 Å². The molecule has 152 valence electrons. The molecule has 8 heteroatoms. The number of rotatable bonds is 8. The fourth-order valence-electron chi connectivity index (χ4n) is 3.06. The van der Waals surface area contributed by atoms with Gasteiger partial charge in [0.2, 0.25) is 5.91 Å². The largest absolute Gasteiger partial charge is 0.496 e. The maximum absolute atomic E-state index is 12.7. The molecule has 0 spiro atoms. The number of hydrogen-bond acceptors (Lipinski definition) is 5. The third kappa shape index (κ3) is 4.71. The van der Waals surface area contributed by atoms with E-state index in [1.54, 1.807) is 24.3 Å². The van der Waals surface area contributed by atoms with E-state index in [1.165, 1.54) is 7.11 Å². The predicted octanol–water partition coefficient (Wildman–Crippen LogP) is 1.85. The molecule has 1 aromatic carbocycles. The van der Waals surface area contributed by atoms with Gasteiger partial charge in [0.15, 0.2) is 5.65 Å². The Labute approximate surface area is 169 Å². The van der Waals surface area contributed by atoms with Crippen LogP contribution in [0.2, 0.25) is 0 Å². The molecule has 29 heavy (non-hydrogen) atoms. The summed E-state index contributed by atoms with van der Waals surface area (Å²) in [6.07, 6.45) is 2.42. The quantitative estimate of drug-likeness (QED) is 0.607. The summed E-state index contributed by atoms with van der Waals surface area (Å²) >= 11 is 0. The Morgan fingerprint density at radius 3 is 2.62 bits per heavy atom. The van der Waals surface area contributed by atoms with Crippen LogP contribution in [0.3, 0.4) is 0 Å². The van der Waals surface area contributed by atoms with E-state index in [4.69, 9.17) is 4.74 Å². The van der Waals surface area contributed by atoms with Crippen LogP contribution < -0.4 is 15.4 Å². The van der Waals surface area contributed by atoms with Crippen LogP contribution in [0.25, 0.3) is 5.65 Å². The van der Waals surface area contributed by atoms with Gasteiger partial charge in [-0.15, -0.1) is 10.2 Å². The van der Waals surface area contributed by atoms with Gasteiger partial charge in [-0.25, -0.2) is 0 Å². The molecule has 2 amide bonds. The van der Waals surface area contributed by atoms with Crippen molar-refractivity contribution in [1.29, 1.82) is 0 Å². The Morgan fingerprint density at radius 2 is 1.86 bits per heavy atom. The lowest BCUT2D eigenvalue weighted by atomic mass is 10.0. The molecule has 0 fully saturated rings. The molecular weight excluding hydrogens is 370 g/mol. The molecule has 0 aliphatic rings. The number of carbonyl (C=O) groups excluding carboxylic acids is 2. The topological polar surface area (TPSA) is 97.6 Å². The highest BCUT2D eigenvalue weighted by Crippen LogP contribution is 2.17. The molecule has 0 bridgehead atoms. The fourth-order valence-corrected chi connectivity index (χ4v) is 3.06. The van der Waals surface area contributed by atoms with Gasteiger partial charge >= 0.3 is 0 Å². The molecule has 8 nitrogen and oxygen atoms in total. The summed E-state index contributed by atoms with van der Waals surface area (Å²) in [5.41, 5.74) is 1.15. The second-order valence-corrected chi connectivity index (χ2v) is 6.98. The van der Waals surface area contributed by atoms with Gasteiger partial charge in [0.25, 0.3) is 5.91 Å². The summed E-state index contributed by atoms with van der Waals surface area (Å²) in [5.74, 6) is 0.561. The first-order chi connectivity index (χ1) is 14.0. The molecule has 2 N–H and O–H groups in total. The zero-order valence-electron chi connectivity index (χ0n) is 16.8. The highest BCUT2D eigenvalue weighted by Gasteiger charge is 2.25. The van der Waals surface area contributed by atoms with Crippen LogP contribution in [0.4, 0.5) is 0 Å². The second-order valence-electron chi connectivity index (χ2n) is 6.98. The number of aromatic nitrogens is 3. The Balaban J connectivity index is 1.61. The molecule has 1 atom stereocenters. The standard InChI is InChI=1S/C21H25N5O3/c1-14(2)19(23-20(27)15-8-4-5-9-16(15)29-3)21(28)22-12-11-18-25-24-17-10-6-7-13-26(17)18/h4-10,13-14,19H,11-12H2,1-3H3,(H,22,28)(H,23,27). The second kappa shape index (κ2) is 9.18. The van der Waals surface area contributed by atoms with Gasteiger partial charge in [0, 0.05) is 19.2 Å². The smallest absolute Gasteiger partial charge is 0.255 e. The average molecular weight is 395 g/mol. The third-order valence-corrected chi connectivity index (χ3v) is 4.62. The molecule has 2 heterocycles. The number of nitrogens with zero attached hydrogens (tertiary/aromatic N) is 3. The summed E-state index contributed by atoms with van der Waals surface area (Å²) in [4.78, 5) is 25.4. The van der Waals surface area contributed by atoms with E-state index in [0.29, 0.717) is 24.3 Å². The monoisotopic (exact) mass is 395 g/mol. The summed E-state index contributed by atoms with van der Waals surface area (Å²) in [7, 11) is 1.51. The Kier molecular flexibility index (Phi) is 6.43. The molecule has 0 saturated heterocycles. The Hall–Kier alpha value is -3.42. The zero-order valence-corrected chi connectivity index (χ0v) is 16.8. The van der Waals surface area contributed by atoms with E-state index in [2.05, 4.69) is 20.8 Å². The molecule has 3 aromatic rings. The van der Waals surface area contributed by atoms with Crippen molar-refractivity contribution >= 4 is 17.5 Å². The minimum absolute atomic E-state index is 0.0809. The lowest BCUT2D eigenvalue weighted by Crippen LogP contribution is -2.50. The predicted molar refractivity (Wildman–Crippen MR) is 109 cm³/mol. The number of pyridine rings is 1.